The summed E-state index contributed by atoms with van der Waals surface area (Å²) in [6.07, 6.45) is 1.08. The van der Waals surface area contributed by atoms with E-state index >= 15 is 0 Å². The Morgan fingerprint density at radius 1 is 1.29 bits per heavy atom. The Morgan fingerprint density at radius 2 is 2.00 bits per heavy atom. The number of benzene rings is 1. The first kappa shape index (κ1) is 17.1. The van der Waals surface area contributed by atoms with E-state index < -0.39 is 27.7 Å². The van der Waals surface area contributed by atoms with Gasteiger partial charge in [-0.15, -0.1) is 0 Å². The van der Waals surface area contributed by atoms with Crippen LogP contribution in [0.5, 0.6) is 0 Å². The number of urea groups is 1. The van der Waals surface area contributed by atoms with Gasteiger partial charge in [0.15, 0.2) is 0 Å². The molecule has 1 heterocycles. The summed E-state index contributed by atoms with van der Waals surface area (Å²) in [5.41, 5.74) is 0.00552. The van der Waals surface area contributed by atoms with E-state index in [0.29, 0.717) is 19.4 Å². The molecule has 1 saturated heterocycles. The Balaban J connectivity index is 1.44. The number of carbonyl (C=O) groups is 1. The third-order valence-electron chi connectivity index (χ3n) is 4.33. The summed E-state index contributed by atoms with van der Waals surface area (Å²) in [5, 5.41) is 5.23. The van der Waals surface area contributed by atoms with E-state index in [1.165, 1.54) is 22.5 Å². The summed E-state index contributed by atoms with van der Waals surface area (Å²) in [6, 6.07) is 2.93. The molecule has 1 saturated carbocycles. The van der Waals surface area contributed by atoms with E-state index in [1.807, 2.05) is 0 Å². The van der Waals surface area contributed by atoms with Crippen LogP contribution in [-0.2, 0) is 10.0 Å². The summed E-state index contributed by atoms with van der Waals surface area (Å²) < 4.78 is 51.9. The molecule has 132 valence electrons. The number of amides is 2. The van der Waals surface area contributed by atoms with Gasteiger partial charge in [0, 0.05) is 37.2 Å². The quantitative estimate of drug-likeness (QED) is 0.828. The van der Waals surface area contributed by atoms with Crippen LogP contribution in [0.15, 0.2) is 18.2 Å². The Bertz CT molecular complexity index is 721. The van der Waals surface area contributed by atoms with Gasteiger partial charge >= 0.3 is 6.03 Å². The van der Waals surface area contributed by atoms with Crippen molar-refractivity contribution in [2.24, 2.45) is 0 Å². The number of hydrogen-bond acceptors (Lipinski definition) is 3. The van der Waals surface area contributed by atoms with Gasteiger partial charge in [-0.25, -0.2) is 26.3 Å². The molecule has 2 N–H and O–H groups in total. The highest BCUT2D eigenvalue weighted by atomic mass is 32.2. The zero-order valence-electron chi connectivity index (χ0n) is 13.0. The SMILES string of the molecule is O=C(NCCN1CCCS1(=O)=O)N[C@@H]1C[C@H]1c1c(F)cccc1F. The molecule has 0 bridgehead atoms. The van der Waals surface area contributed by atoms with Crippen molar-refractivity contribution in [3.63, 3.8) is 0 Å². The molecule has 1 aliphatic carbocycles. The van der Waals surface area contributed by atoms with Crippen LogP contribution in [0.25, 0.3) is 0 Å². The van der Waals surface area contributed by atoms with Gasteiger partial charge in [0.1, 0.15) is 11.6 Å². The lowest BCUT2D eigenvalue weighted by molar-refractivity contribution is 0.239. The summed E-state index contributed by atoms with van der Waals surface area (Å²) >= 11 is 0. The van der Waals surface area contributed by atoms with Crippen molar-refractivity contribution in [1.82, 2.24) is 14.9 Å². The van der Waals surface area contributed by atoms with Crippen molar-refractivity contribution >= 4 is 16.1 Å². The molecule has 2 atom stereocenters. The average molecular weight is 359 g/mol. The molecule has 0 spiro atoms. The largest absolute Gasteiger partial charge is 0.337 e. The summed E-state index contributed by atoms with van der Waals surface area (Å²) in [6.45, 7) is 0.894. The normalized spacial score (nSPS) is 25.4. The van der Waals surface area contributed by atoms with Crippen molar-refractivity contribution in [3.8, 4) is 0 Å². The third kappa shape index (κ3) is 3.67. The van der Waals surface area contributed by atoms with Crippen LogP contribution < -0.4 is 10.6 Å². The van der Waals surface area contributed by atoms with Crippen LogP contribution in [0.2, 0.25) is 0 Å². The monoisotopic (exact) mass is 359 g/mol. The van der Waals surface area contributed by atoms with Crippen LogP contribution in [0.4, 0.5) is 13.6 Å². The number of hydrogen-bond donors (Lipinski definition) is 2. The standard InChI is InChI=1S/C15H19F2N3O3S/c16-11-3-1-4-12(17)14(11)10-9-13(10)19-15(21)18-5-7-20-6-2-8-24(20,22)23/h1,3-4,10,13H,2,5-9H2,(H2,18,19,21)/t10-,13-/m1/s1. The van der Waals surface area contributed by atoms with E-state index in [1.54, 1.807) is 0 Å². The predicted molar refractivity (Wildman–Crippen MR) is 84.0 cm³/mol. The molecule has 1 aromatic carbocycles. The van der Waals surface area contributed by atoms with Crippen LogP contribution in [0.1, 0.15) is 24.3 Å². The number of rotatable bonds is 5. The third-order valence-corrected chi connectivity index (χ3v) is 6.28. The molecule has 6 nitrogen and oxygen atoms in total. The highest BCUT2D eigenvalue weighted by Gasteiger charge is 2.42. The minimum absolute atomic E-state index is 0.00552. The van der Waals surface area contributed by atoms with E-state index in [4.69, 9.17) is 0 Å². The second-order valence-electron chi connectivity index (χ2n) is 6.05. The van der Waals surface area contributed by atoms with Crippen LogP contribution in [0, 0.1) is 11.6 Å². The molecule has 0 radical (unpaired) electrons. The maximum absolute atomic E-state index is 13.7. The molecule has 0 aromatic heterocycles. The Hall–Kier alpha value is -1.74. The van der Waals surface area contributed by atoms with Crippen molar-refractivity contribution < 1.29 is 22.0 Å². The predicted octanol–water partition coefficient (Wildman–Crippen LogP) is 1.16. The number of halogens is 2. The number of nitrogens with one attached hydrogen (secondary N) is 2. The van der Waals surface area contributed by atoms with Crippen LogP contribution in [-0.4, -0.2) is 50.2 Å². The van der Waals surface area contributed by atoms with Gasteiger partial charge < -0.3 is 10.6 Å². The lowest BCUT2D eigenvalue weighted by Gasteiger charge is -2.14. The Labute approximate surface area is 139 Å². The van der Waals surface area contributed by atoms with Gasteiger partial charge in [-0.05, 0) is 25.0 Å². The summed E-state index contributed by atoms with van der Waals surface area (Å²) in [4.78, 5) is 11.8. The van der Waals surface area contributed by atoms with E-state index in [0.717, 1.165) is 0 Å². The maximum atomic E-state index is 13.7. The Kier molecular flexibility index (Phi) is 4.73. The van der Waals surface area contributed by atoms with Gasteiger partial charge in [-0.3, -0.25) is 0 Å². The molecular weight excluding hydrogens is 340 g/mol. The van der Waals surface area contributed by atoms with Gasteiger partial charge in [-0.2, -0.15) is 0 Å². The summed E-state index contributed by atoms with van der Waals surface area (Å²) in [5.74, 6) is -1.43. The minimum atomic E-state index is -3.17. The fraction of sp³-hybridized carbons (Fsp3) is 0.533. The number of nitrogens with zero attached hydrogens (tertiary/aromatic N) is 1. The minimum Gasteiger partial charge on any atom is -0.337 e. The first-order valence-electron chi connectivity index (χ1n) is 7.84. The molecular formula is C15H19F2N3O3S. The molecule has 24 heavy (non-hydrogen) atoms. The van der Waals surface area contributed by atoms with Crippen molar-refractivity contribution in [2.75, 3.05) is 25.4 Å². The van der Waals surface area contributed by atoms with Crippen molar-refractivity contribution in [1.29, 1.82) is 0 Å². The zero-order valence-corrected chi connectivity index (χ0v) is 13.8. The second-order valence-corrected chi connectivity index (χ2v) is 8.14. The van der Waals surface area contributed by atoms with Crippen molar-refractivity contribution in [2.45, 2.75) is 24.8 Å². The Morgan fingerprint density at radius 3 is 2.62 bits per heavy atom. The number of carbonyl (C=O) groups excluding carboxylic acids is 1. The lowest BCUT2D eigenvalue weighted by atomic mass is 10.1. The molecule has 1 aromatic rings. The zero-order chi connectivity index (χ0) is 17.3. The molecule has 3 rings (SSSR count). The molecule has 1 aliphatic heterocycles. The van der Waals surface area contributed by atoms with Gasteiger partial charge in [0.2, 0.25) is 10.0 Å². The lowest BCUT2D eigenvalue weighted by Crippen LogP contribution is -2.41. The van der Waals surface area contributed by atoms with E-state index in [-0.39, 0.29) is 36.4 Å². The van der Waals surface area contributed by atoms with Crippen molar-refractivity contribution in [3.05, 3.63) is 35.4 Å². The smallest absolute Gasteiger partial charge is 0.315 e. The average Bonchev–Trinajstić information content (AvgIpc) is 3.14. The fourth-order valence-corrected chi connectivity index (χ4v) is 4.52. The van der Waals surface area contributed by atoms with E-state index in [2.05, 4.69) is 10.6 Å². The van der Waals surface area contributed by atoms with Gasteiger partial charge in [0.05, 0.1) is 5.75 Å². The molecule has 9 heteroatoms. The van der Waals surface area contributed by atoms with Crippen LogP contribution >= 0.6 is 0 Å². The first-order chi connectivity index (χ1) is 11.4. The molecule has 2 aliphatic rings. The van der Waals surface area contributed by atoms with Crippen LogP contribution in [0.3, 0.4) is 0 Å². The first-order valence-corrected chi connectivity index (χ1v) is 9.45. The maximum Gasteiger partial charge on any atom is 0.315 e. The van der Waals surface area contributed by atoms with E-state index in [9.17, 15) is 22.0 Å². The van der Waals surface area contributed by atoms with Gasteiger partial charge in [0.25, 0.3) is 0 Å². The molecule has 2 fully saturated rings. The molecule has 2 amide bonds. The number of sulfonamides is 1. The second kappa shape index (κ2) is 6.64. The van der Waals surface area contributed by atoms with Gasteiger partial charge in [-0.1, -0.05) is 6.07 Å². The highest BCUT2D eigenvalue weighted by molar-refractivity contribution is 7.89. The summed E-state index contributed by atoms with van der Waals surface area (Å²) in [7, 11) is -3.17. The molecule has 0 unspecified atom stereocenters. The topological polar surface area (TPSA) is 78.5 Å². The fourth-order valence-electron chi connectivity index (χ4n) is 2.99. The highest BCUT2D eigenvalue weighted by Crippen LogP contribution is 2.42.